The minimum absolute atomic E-state index is 0.0159. The number of carbonyl (C=O) groups is 1. The first kappa shape index (κ1) is 13.9. The molecule has 5 heteroatoms. The molecule has 0 spiro atoms. The maximum atomic E-state index is 12.8. The quantitative estimate of drug-likeness (QED) is 0.837. The zero-order valence-corrected chi connectivity index (χ0v) is 12.6. The fraction of sp³-hybridized carbons (Fsp3) is 0.562. The van der Waals surface area contributed by atoms with Gasteiger partial charge in [-0.2, -0.15) is 5.26 Å². The van der Waals surface area contributed by atoms with Crippen molar-refractivity contribution in [3.05, 3.63) is 23.5 Å². The lowest BCUT2D eigenvalue weighted by Gasteiger charge is -2.32. The second-order valence-corrected chi connectivity index (χ2v) is 6.40. The van der Waals surface area contributed by atoms with Gasteiger partial charge in [-0.25, -0.2) is 0 Å². The minimum Gasteiger partial charge on any atom is -0.487 e. The largest absolute Gasteiger partial charge is 0.487 e. The zero-order chi connectivity index (χ0) is 15.2. The van der Waals surface area contributed by atoms with Gasteiger partial charge in [-0.15, -0.1) is 0 Å². The van der Waals surface area contributed by atoms with E-state index in [0.717, 1.165) is 18.4 Å². The topological polar surface area (TPSA) is 66.2 Å². The summed E-state index contributed by atoms with van der Waals surface area (Å²) in [5, 5.41) is 9.18. The Bertz CT molecular complexity index is 633. The summed E-state index contributed by atoms with van der Waals surface area (Å²) >= 11 is 0. The van der Waals surface area contributed by atoms with Crippen molar-refractivity contribution < 1.29 is 9.53 Å². The molecule has 1 amide bonds. The van der Waals surface area contributed by atoms with Crippen LogP contribution in [0.2, 0.25) is 0 Å². The molecule has 0 aromatic carbocycles. The number of carbonyl (C=O) groups excluding carboxylic acids is 1. The Labute approximate surface area is 124 Å². The van der Waals surface area contributed by atoms with Crippen LogP contribution in [0.5, 0.6) is 5.75 Å². The summed E-state index contributed by atoms with van der Waals surface area (Å²) in [5.74, 6) is 0.759. The lowest BCUT2D eigenvalue weighted by atomic mass is 9.88. The van der Waals surface area contributed by atoms with Crippen LogP contribution >= 0.6 is 0 Å². The van der Waals surface area contributed by atoms with E-state index in [1.807, 2.05) is 25.7 Å². The molecule has 3 heterocycles. The predicted molar refractivity (Wildman–Crippen MR) is 76.5 cm³/mol. The Hall–Kier alpha value is -2.09. The Morgan fingerprint density at radius 1 is 1.57 bits per heavy atom. The SMILES string of the molecule is CCC(C)(C)C(=O)N1C[C@@H]2C[C@H]1c1cncc(C#N)c1O2. The van der Waals surface area contributed by atoms with E-state index in [9.17, 15) is 10.1 Å². The highest BCUT2D eigenvalue weighted by atomic mass is 16.5. The van der Waals surface area contributed by atoms with Crippen LogP contribution in [0.3, 0.4) is 0 Å². The van der Waals surface area contributed by atoms with Crippen molar-refractivity contribution >= 4 is 5.91 Å². The second kappa shape index (κ2) is 4.73. The van der Waals surface area contributed by atoms with Gasteiger partial charge in [-0.3, -0.25) is 9.78 Å². The first-order valence-corrected chi connectivity index (χ1v) is 7.33. The molecule has 110 valence electrons. The molecule has 0 radical (unpaired) electrons. The van der Waals surface area contributed by atoms with Crippen LogP contribution < -0.4 is 4.74 Å². The molecule has 0 aliphatic carbocycles. The highest BCUT2D eigenvalue weighted by Gasteiger charge is 2.46. The van der Waals surface area contributed by atoms with Crippen LogP contribution in [0.4, 0.5) is 0 Å². The van der Waals surface area contributed by atoms with Gasteiger partial charge in [0.2, 0.25) is 5.91 Å². The third kappa shape index (κ3) is 2.06. The van der Waals surface area contributed by atoms with Crippen LogP contribution in [0.1, 0.15) is 50.8 Å². The average molecular weight is 285 g/mol. The van der Waals surface area contributed by atoms with Crippen LogP contribution in [0.15, 0.2) is 12.4 Å². The monoisotopic (exact) mass is 285 g/mol. The van der Waals surface area contributed by atoms with Gasteiger partial charge < -0.3 is 9.64 Å². The number of nitriles is 1. The first-order chi connectivity index (χ1) is 9.97. The summed E-state index contributed by atoms with van der Waals surface area (Å²) in [6, 6.07) is 2.10. The number of amides is 1. The molecule has 2 aliphatic heterocycles. The number of hydrogen-bond donors (Lipinski definition) is 0. The zero-order valence-electron chi connectivity index (χ0n) is 12.6. The first-order valence-electron chi connectivity index (χ1n) is 7.33. The molecule has 0 unspecified atom stereocenters. The Morgan fingerprint density at radius 3 is 3.00 bits per heavy atom. The van der Waals surface area contributed by atoms with E-state index >= 15 is 0 Å². The fourth-order valence-corrected chi connectivity index (χ4v) is 3.02. The molecular formula is C16H19N3O2. The average Bonchev–Trinajstić information content (AvgIpc) is 2.84. The third-order valence-electron chi connectivity index (χ3n) is 4.67. The summed E-state index contributed by atoms with van der Waals surface area (Å²) in [4.78, 5) is 18.8. The number of pyridine rings is 1. The number of rotatable bonds is 2. The maximum absolute atomic E-state index is 12.8. The number of fused-ring (bicyclic) bond motifs is 4. The van der Waals surface area contributed by atoms with Gasteiger partial charge in [-0.1, -0.05) is 20.8 Å². The molecule has 2 aliphatic rings. The molecule has 1 aromatic rings. The van der Waals surface area contributed by atoms with E-state index in [4.69, 9.17) is 4.74 Å². The van der Waals surface area contributed by atoms with Gasteiger partial charge in [0.15, 0.2) is 0 Å². The summed E-state index contributed by atoms with van der Waals surface area (Å²) < 4.78 is 5.92. The van der Waals surface area contributed by atoms with Crippen molar-refractivity contribution in [3.8, 4) is 11.8 Å². The molecule has 0 saturated carbocycles. The Kier molecular flexibility index (Phi) is 3.12. The molecule has 21 heavy (non-hydrogen) atoms. The van der Waals surface area contributed by atoms with Crippen LogP contribution in [-0.2, 0) is 4.79 Å². The summed E-state index contributed by atoms with van der Waals surface area (Å²) in [6.07, 6.45) is 4.81. The lowest BCUT2D eigenvalue weighted by molar-refractivity contribution is -0.141. The number of likely N-dealkylation sites (tertiary alicyclic amines) is 1. The summed E-state index contributed by atoms with van der Waals surface area (Å²) in [6.45, 7) is 6.57. The van der Waals surface area contributed by atoms with E-state index in [1.54, 1.807) is 6.20 Å². The van der Waals surface area contributed by atoms with Crippen LogP contribution in [0.25, 0.3) is 0 Å². The Morgan fingerprint density at radius 2 is 2.33 bits per heavy atom. The number of ether oxygens (including phenoxy) is 1. The van der Waals surface area contributed by atoms with E-state index in [1.165, 1.54) is 6.20 Å². The molecule has 1 saturated heterocycles. The second-order valence-electron chi connectivity index (χ2n) is 6.40. The molecule has 5 nitrogen and oxygen atoms in total. The smallest absolute Gasteiger partial charge is 0.228 e. The predicted octanol–water partition coefficient (Wildman–Crippen LogP) is 2.42. The van der Waals surface area contributed by atoms with Crippen molar-refractivity contribution in [1.82, 2.24) is 9.88 Å². The van der Waals surface area contributed by atoms with Gasteiger partial charge >= 0.3 is 0 Å². The van der Waals surface area contributed by atoms with Gasteiger partial charge in [0.05, 0.1) is 12.6 Å². The molecule has 1 aromatic heterocycles. The van der Waals surface area contributed by atoms with Crippen molar-refractivity contribution in [2.24, 2.45) is 5.41 Å². The van der Waals surface area contributed by atoms with Crippen LogP contribution in [0, 0.1) is 16.7 Å². The molecule has 1 fully saturated rings. The van der Waals surface area contributed by atoms with E-state index < -0.39 is 0 Å². The molecule has 2 atom stereocenters. The number of aromatic nitrogens is 1. The Balaban J connectivity index is 2.00. The lowest BCUT2D eigenvalue weighted by Crippen LogP contribution is -2.40. The molecule has 3 rings (SSSR count). The fourth-order valence-electron chi connectivity index (χ4n) is 3.02. The van der Waals surface area contributed by atoms with Gasteiger partial charge in [0.1, 0.15) is 23.5 Å². The van der Waals surface area contributed by atoms with Gasteiger partial charge in [-0.05, 0) is 6.42 Å². The standard InChI is InChI=1S/C16H19N3O2/c1-4-16(2,3)15(20)19-9-11-5-13(19)12-8-18-7-10(6-17)14(12)21-11/h7-8,11,13H,4-5,9H2,1-3H3/t11-,13-/m0/s1. The van der Waals surface area contributed by atoms with Gasteiger partial charge in [0.25, 0.3) is 0 Å². The summed E-state index contributed by atoms with van der Waals surface area (Å²) in [5.41, 5.74) is 0.937. The number of nitrogens with zero attached hydrogens (tertiary/aromatic N) is 3. The van der Waals surface area contributed by atoms with Gasteiger partial charge in [0, 0.05) is 29.8 Å². The van der Waals surface area contributed by atoms with Crippen molar-refractivity contribution in [1.29, 1.82) is 5.26 Å². The number of hydrogen-bond acceptors (Lipinski definition) is 4. The molecule has 2 bridgehead atoms. The highest BCUT2D eigenvalue weighted by Crippen LogP contribution is 2.45. The summed E-state index contributed by atoms with van der Waals surface area (Å²) in [7, 11) is 0. The van der Waals surface area contributed by atoms with E-state index in [-0.39, 0.29) is 23.5 Å². The molecule has 0 N–H and O–H groups in total. The minimum atomic E-state index is -0.377. The van der Waals surface area contributed by atoms with Crippen molar-refractivity contribution in [2.45, 2.75) is 45.8 Å². The van der Waals surface area contributed by atoms with Crippen molar-refractivity contribution in [2.75, 3.05) is 6.54 Å². The maximum Gasteiger partial charge on any atom is 0.228 e. The van der Waals surface area contributed by atoms with E-state index in [0.29, 0.717) is 17.9 Å². The highest BCUT2D eigenvalue weighted by molar-refractivity contribution is 5.83. The molecular weight excluding hydrogens is 266 g/mol. The third-order valence-corrected chi connectivity index (χ3v) is 4.67. The normalized spacial score (nSPS) is 23.2. The van der Waals surface area contributed by atoms with E-state index in [2.05, 4.69) is 11.1 Å². The van der Waals surface area contributed by atoms with Crippen LogP contribution in [-0.4, -0.2) is 28.4 Å². The van der Waals surface area contributed by atoms with Crippen molar-refractivity contribution in [3.63, 3.8) is 0 Å².